The van der Waals surface area contributed by atoms with Crippen molar-refractivity contribution in [2.45, 2.75) is 6.42 Å². The Morgan fingerprint density at radius 3 is 2.58 bits per heavy atom. The van der Waals surface area contributed by atoms with Crippen molar-refractivity contribution in [2.75, 3.05) is 49.2 Å². The van der Waals surface area contributed by atoms with E-state index in [1.54, 1.807) is 0 Å². The Kier molecular flexibility index (Phi) is 5.77. The van der Waals surface area contributed by atoms with Crippen molar-refractivity contribution in [3.63, 3.8) is 0 Å². The van der Waals surface area contributed by atoms with Crippen LogP contribution in [0, 0.1) is 0 Å². The second kappa shape index (κ2) is 8.21. The van der Waals surface area contributed by atoms with Crippen LogP contribution < -0.4 is 16.2 Å². The third-order valence-corrected chi connectivity index (χ3v) is 4.89. The summed E-state index contributed by atoms with van der Waals surface area (Å²) in [6.45, 7) is 3.94. The van der Waals surface area contributed by atoms with E-state index >= 15 is 0 Å². The van der Waals surface area contributed by atoms with Gasteiger partial charge in [0.25, 0.3) is 0 Å². The summed E-state index contributed by atoms with van der Waals surface area (Å²) in [5.41, 5.74) is 13.4. The summed E-state index contributed by atoms with van der Waals surface area (Å²) < 4.78 is 5.90. The summed E-state index contributed by atoms with van der Waals surface area (Å²) in [7, 11) is 0. The summed E-state index contributed by atoms with van der Waals surface area (Å²) in [5.74, 6) is 3.38. The fourth-order valence-electron chi connectivity index (χ4n) is 2.74. The van der Waals surface area contributed by atoms with E-state index < -0.39 is 0 Å². The molecule has 128 valence electrons. The van der Waals surface area contributed by atoms with Crippen molar-refractivity contribution in [3.8, 4) is 17.0 Å². The molecule has 0 aliphatic carbocycles. The first-order valence-electron chi connectivity index (χ1n) is 8.15. The van der Waals surface area contributed by atoms with Crippen molar-refractivity contribution in [1.82, 2.24) is 14.9 Å². The molecule has 6 nitrogen and oxygen atoms in total. The van der Waals surface area contributed by atoms with E-state index in [4.69, 9.17) is 16.2 Å². The number of benzene rings is 1. The Bertz CT molecular complexity index is 662. The van der Waals surface area contributed by atoms with Crippen LogP contribution in [0.2, 0.25) is 0 Å². The van der Waals surface area contributed by atoms with Crippen LogP contribution >= 0.6 is 11.8 Å². The molecular formula is C17H23N5OS. The van der Waals surface area contributed by atoms with Crippen LogP contribution in [0.4, 0.5) is 11.8 Å². The van der Waals surface area contributed by atoms with Gasteiger partial charge in [-0.15, -0.1) is 0 Å². The van der Waals surface area contributed by atoms with Gasteiger partial charge in [-0.3, -0.25) is 0 Å². The van der Waals surface area contributed by atoms with Gasteiger partial charge in [0.2, 0.25) is 11.8 Å². The van der Waals surface area contributed by atoms with Crippen molar-refractivity contribution >= 4 is 23.5 Å². The first kappa shape index (κ1) is 16.9. The third kappa shape index (κ3) is 4.30. The quantitative estimate of drug-likeness (QED) is 0.775. The SMILES string of the molecule is Nc1nc(N)c(-c2ccccc2)c(OCCCN2CCSCC2)n1. The van der Waals surface area contributed by atoms with E-state index in [1.165, 1.54) is 11.5 Å². The van der Waals surface area contributed by atoms with Gasteiger partial charge in [0.1, 0.15) is 5.82 Å². The average Bonchev–Trinajstić information content (AvgIpc) is 2.60. The molecule has 0 radical (unpaired) electrons. The number of ether oxygens (including phenoxy) is 1. The Labute approximate surface area is 146 Å². The van der Waals surface area contributed by atoms with Gasteiger partial charge >= 0.3 is 0 Å². The van der Waals surface area contributed by atoms with Crippen LogP contribution in [0.5, 0.6) is 5.88 Å². The number of nitrogen functional groups attached to an aromatic ring is 2. The molecule has 0 spiro atoms. The molecule has 1 aliphatic rings. The molecule has 1 saturated heterocycles. The third-order valence-electron chi connectivity index (χ3n) is 3.94. The van der Waals surface area contributed by atoms with Crippen LogP contribution in [0.1, 0.15) is 6.42 Å². The van der Waals surface area contributed by atoms with E-state index in [-0.39, 0.29) is 5.95 Å². The van der Waals surface area contributed by atoms with Crippen molar-refractivity contribution in [1.29, 1.82) is 0 Å². The average molecular weight is 345 g/mol. The zero-order valence-electron chi connectivity index (χ0n) is 13.6. The normalized spacial score (nSPS) is 15.3. The predicted molar refractivity (Wildman–Crippen MR) is 100 cm³/mol. The van der Waals surface area contributed by atoms with Gasteiger partial charge in [0.05, 0.1) is 12.2 Å². The molecule has 0 amide bonds. The molecule has 2 heterocycles. The second-order valence-electron chi connectivity index (χ2n) is 5.67. The molecule has 0 atom stereocenters. The van der Waals surface area contributed by atoms with Gasteiger partial charge < -0.3 is 21.1 Å². The number of rotatable bonds is 6. The lowest BCUT2D eigenvalue weighted by Gasteiger charge is -2.25. The van der Waals surface area contributed by atoms with Crippen LogP contribution in [-0.2, 0) is 0 Å². The summed E-state index contributed by atoms with van der Waals surface area (Å²) in [4.78, 5) is 10.8. The molecule has 24 heavy (non-hydrogen) atoms. The minimum Gasteiger partial charge on any atom is -0.477 e. The number of anilines is 2. The highest BCUT2D eigenvalue weighted by Gasteiger charge is 2.15. The molecule has 0 unspecified atom stereocenters. The molecule has 1 fully saturated rings. The second-order valence-corrected chi connectivity index (χ2v) is 6.89. The maximum Gasteiger partial charge on any atom is 0.228 e. The Balaban J connectivity index is 1.66. The van der Waals surface area contributed by atoms with E-state index in [1.807, 2.05) is 42.1 Å². The number of thioether (sulfide) groups is 1. The van der Waals surface area contributed by atoms with E-state index in [0.29, 0.717) is 23.9 Å². The monoisotopic (exact) mass is 345 g/mol. The Morgan fingerprint density at radius 2 is 1.83 bits per heavy atom. The molecule has 3 rings (SSSR count). The molecule has 1 aromatic carbocycles. The summed E-state index contributed by atoms with van der Waals surface area (Å²) in [5, 5.41) is 0. The van der Waals surface area contributed by atoms with Crippen LogP contribution in [0.3, 0.4) is 0 Å². The first-order chi connectivity index (χ1) is 11.7. The van der Waals surface area contributed by atoms with E-state index in [0.717, 1.165) is 31.6 Å². The van der Waals surface area contributed by atoms with Gasteiger partial charge in [0.15, 0.2) is 0 Å². The molecular weight excluding hydrogens is 322 g/mol. The first-order valence-corrected chi connectivity index (χ1v) is 9.31. The van der Waals surface area contributed by atoms with Crippen molar-refractivity contribution < 1.29 is 4.74 Å². The van der Waals surface area contributed by atoms with Gasteiger partial charge in [-0.25, -0.2) is 0 Å². The molecule has 0 saturated carbocycles. The highest BCUT2D eigenvalue weighted by molar-refractivity contribution is 7.99. The lowest BCUT2D eigenvalue weighted by molar-refractivity contribution is 0.244. The Hall–Kier alpha value is -1.99. The molecule has 4 N–H and O–H groups in total. The van der Waals surface area contributed by atoms with Crippen LogP contribution in [-0.4, -0.2) is 52.6 Å². The zero-order chi connectivity index (χ0) is 16.8. The molecule has 0 bridgehead atoms. The fraction of sp³-hybridized carbons (Fsp3) is 0.412. The van der Waals surface area contributed by atoms with E-state index in [2.05, 4.69) is 14.9 Å². The molecule has 1 aliphatic heterocycles. The van der Waals surface area contributed by atoms with Gasteiger partial charge in [-0.05, 0) is 12.0 Å². The lowest BCUT2D eigenvalue weighted by Crippen LogP contribution is -2.33. The summed E-state index contributed by atoms with van der Waals surface area (Å²) >= 11 is 2.02. The van der Waals surface area contributed by atoms with Gasteiger partial charge in [-0.2, -0.15) is 21.7 Å². The number of nitrogens with zero attached hydrogens (tertiary/aromatic N) is 3. The van der Waals surface area contributed by atoms with Crippen molar-refractivity contribution in [3.05, 3.63) is 30.3 Å². The van der Waals surface area contributed by atoms with Crippen molar-refractivity contribution in [2.24, 2.45) is 0 Å². The minimum atomic E-state index is 0.134. The molecule has 2 aromatic rings. The van der Waals surface area contributed by atoms with E-state index in [9.17, 15) is 0 Å². The number of hydrogen-bond acceptors (Lipinski definition) is 7. The Morgan fingerprint density at radius 1 is 1.08 bits per heavy atom. The highest BCUT2D eigenvalue weighted by Crippen LogP contribution is 2.33. The number of hydrogen-bond donors (Lipinski definition) is 2. The maximum absolute atomic E-state index is 6.05. The largest absolute Gasteiger partial charge is 0.477 e. The fourth-order valence-corrected chi connectivity index (χ4v) is 3.71. The highest BCUT2D eigenvalue weighted by atomic mass is 32.2. The molecule has 7 heteroatoms. The standard InChI is InChI=1S/C17H23N5OS/c18-15-14(13-5-2-1-3-6-13)16(21-17(19)20-15)23-10-4-7-22-8-11-24-12-9-22/h1-3,5-6H,4,7-12H2,(H4,18,19,20,21). The van der Waals surface area contributed by atoms with Crippen LogP contribution in [0.25, 0.3) is 11.1 Å². The van der Waals surface area contributed by atoms with Gasteiger partial charge in [0, 0.05) is 31.1 Å². The number of aromatic nitrogens is 2. The lowest BCUT2D eigenvalue weighted by atomic mass is 10.1. The van der Waals surface area contributed by atoms with Crippen LogP contribution in [0.15, 0.2) is 30.3 Å². The predicted octanol–water partition coefficient (Wildman–Crippen LogP) is 2.13. The smallest absolute Gasteiger partial charge is 0.228 e. The topological polar surface area (TPSA) is 90.3 Å². The zero-order valence-corrected chi connectivity index (χ0v) is 14.5. The maximum atomic E-state index is 6.05. The number of nitrogens with two attached hydrogens (primary N) is 2. The minimum absolute atomic E-state index is 0.134. The molecule has 1 aromatic heterocycles. The summed E-state index contributed by atoms with van der Waals surface area (Å²) in [6, 6.07) is 9.77. The van der Waals surface area contributed by atoms with Gasteiger partial charge in [-0.1, -0.05) is 30.3 Å². The summed E-state index contributed by atoms with van der Waals surface area (Å²) in [6.07, 6.45) is 0.947.